The lowest BCUT2D eigenvalue weighted by Crippen LogP contribution is -2.11. The van der Waals surface area contributed by atoms with E-state index in [0.717, 1.165) is 12.4 Å². The molecule has 1 atom stereocenters. The lowest BCUT2D eigenvalue weighted by molar-refractivity contribution is 0.699. The van der Waals surface area contributed by atoms with Crippen molar-refractivity contribution in [2.45, 2.75) is 20.8 Å². The minimum absolute atomic E-state index is 0.588. The van der Waals surface area contributed by atoms with Crippen molar-refractivity contribution in [1.29, 1.82) is 0 Å². The van der Waals surface area contributed by atoms with E-state index in [2.05, 4.69) is 24.2 Å². The van der Waals surface area contributed by atoms with Gasteiger partial charge in [-0.05, 0) is 19.8 Å². The molecule has 1 heterocycles. The van der Waals surface area contributed by atoms with Crippen LogP contribution in [0, 0.1) is 5.92 Å². The molecule has 10 heavy (non-hydrogen) atoms. The van der Waals surface area contributed by atoms with E-state index in [-0.39, 0.29) is 0 Å². The Bertz CT molecular complexity index is 180. The predicted octanol–water partition coefficient (Wildman–Crippen LogP) is 1.55. The van der Waals surface area contributed by atoms with Crippen LogP contribution >= 0.6 is 0 Å². The first-order chi connectivity index (χ1) is 4.70. The van der Waals surface area contributed by atoms with Gasteiger partial charge >= 0.3 is 0 Å². The average Bonchev–Trinajstić information content (AvgIpc) is 2.04. The minimum atomic E-state index is 0.588. The molecule has 0 bridgehead atoms. The number of aliphatic imine (C=N–C) groups is 1. The summed E-state index contributed by atoms with van der Waals surface area (Å²) in [5, 5.41) is 3.11. The summed E-state index contributed by atoms with van der Waals surface area (Å²) in [7, 11) is 0. The van der Waals surface area contributed by atoms with Crippen molar-refractivity contribution in [3.8, 4) is 0 Å². The third kappa shape index (κ3) is 1.59. The zero-order chi connectivity index (χ0) is 7.56. The van der Waals surface area contributed by atoms with Crippen molar-refractivity contribution < 1.29 is 0 Å². The normalized spacial score (nSPS) is 26.1. The molecule has 56 valence electrons. The van der Waals surface area contributed by atoms with E-state index in [0.29, 0.717) is 5.92 Å². The molecule has 0 aromatic carbocycles. The predicted molar refractivity (Wildman–Crippen MR) is 44.0 cm³/mol. The van der Waals surface area contributed by atoms with E-state index in [1.807, 2.05) is 13.1 Å². The van der Waals surface area contributed by atoms with Crippen molar-refractivity contribution in [2.24, 2.45) is 10.9 Å². The molecule has 1 aliphatic rings. The van der Waals surface area contributed by atoms with Gasteiger partial charge < -0.3 is 5.32 Å². The van der Waals surface area contributed by atoms with Crippen LogP contribution in [0.15, 0.2) is 16.8 Å². The van der Waals surface area contributed by atoms with Gasteiger partial charge in [0.2, 0.25) is 0 Å². The highest BCUT2D eigenvalue weighted by molar-refractivity contribution is 5.80. The molecule has 0 aromatic heterocycles. The second-order valence-electron chi connectivity index (χ2n) is 2.86. The molecule has 0 saturated heterocycles. The fourth-order valence-electron chi connectivity index (χ4n) is 0.824. The third-order valence-corrected chi connectivity index (χ3v) is 1.89. The van der Waals surface area contributed by atoms with Gasteiger partial charge in [-0.15, -0.1) is 0 Å². The van der Waals surface area contributed by atoms with Gasteiger partial charge in [0, 0.05) is 12.7 Å². The number of rotatable bonds is 0. The lowest BCUT2D eigenvalue weighted by atomic mass is 10.1. The molecule has 2 nitrogen and oxygen atoms in total. The Morgan fingerprint density at radius 3 is 3.00 bits per heavy atom. The van der Waals surface area contributed by atoms with Crippen LogP contribution in [0.25, 0.3) is 0 Å². The Kier molecular flexibility index (Phi) is 2.10. The van der Waals surface area contributed by atoms with Gasteiger partial charge in [-0.1, -0.05) is 12.5 Å². The number of hydrogen-bond donors (Lipinski definition) is 1. The zero-order valence-electron chi connectivity index (χ0n) is 6.81. The first-order valence-corrected chi connectivity index (χ1v) is 3.64. The molecule has 1 aliphatic heterocycles. The highest BCUT2D eigenvalue weighted by atomic mass is 15.0. The molecular formula is C8H14N2. The van der Waals surface area contributed by atoms with Crippen LogP contribution < -0.4 is 5.32 Å². The Balaban J connectivity index is 2.69. The molecule has 0 amide bonds. The van der Waals surface area contributed by atoms with Crippen LogP contribution in [0.2, 0.25) is 0 Å². The first-order valence-electron chi connectivity index (χ1n) is 3.64. The molecule has 0 fully saturated rings. The van der Waals surface area contributed by atoms with Crippen molar-refractivity contribution >= 4 is 5.84 Å². The molecule has 1 unspecified atom stereocenters. The lowest BCUT2D eigenvalue weighted by Gasteiger charge is -2.04. The van der Waals surface area contributed by atoms with Crippen molar-refractivity contribution in [1.82, 2.24) is 5.32 Å². The summed E-state index contributed by atoms with van der Waals surface area (Å²) in [5.41, 5.74) is 1.38. The van der Waals surface area contributed by atoms with Crippen LogP contribution in [-0.2, 0) is 0 Å². The van der Waals surface area contributed by atoms with E-state index in [4.69, 9.17) is 0 Å². The molecule has 2 heteroatoms. The summed E-state index contributed by atoms with van der Waals surface area (Å²) in [4.78, 5) is 4.31. The van der Waals surface area contributed by atoms with Gasteiger partial charge in [-0.2, -0.15) is 0 Å². The minimum Gasteiger partial charge on any atom is -0.351 e. The van der Waals surface area contributed by atoms with Crippen LogP contribution in [-0.4, -0.2) is 12.4 Å². The summed E-state index contributed by atoms with van der Waals surface area (Å²) in [6.07, 6.45) is 2.04. The monoisotopic (exact) mass is 138 g/mol. The highest BCUT2D eigenvalue weighted by Gasteiger charge is 2.05. The van der Waals surface area contributed by atoms with Crippen molar-refractivity contribution in [2.75, 3.05) is 6.54 Å². The van der Waals surface area contributed by atoms with Gasteiger partial charge in [0.15, 0.2) is 0 Å². The summed E-state index contributed by atoms with van der Waals surface area (Å²) in [6, 6.07) is 0. The fourth-order valence-corrected chi connectivity index (χ4v) is 0.824. The molecule has 0 aromatic rings. The molecule has 0 spiro atoms. The number of hydrogen-bond acceptors (Lipinski definition) is 2. The zero-order valence-corrected chi connectivity index (χ0v) is 6.81. The van der Waals surface area contributed by atoms with E-state index in [1.54, 1.807) is 0 Å². The molecular weight excluding hydrogens is 124 g/mol. The van der Waals surface area contributed by atoms with Crippen LogP contribution in [0.4, 0.5) is 0 Å². The summed E-state index contributed by atoms with van der Waals surface area (Å²) < 4.78 is 0. The standard InChI is InChI=1S/C8H14N2/c1-6-4-9-8(3)10-5-7(6)2/h4,7H,5H2,1-3H3,(H,9,10). The van der Waals surface area contributed by atoms with E-state index >= 15 is 0 Å². The molecule has 0 saturated carbocycles. The summed E-state index contributed by atoms with van der Waals surface area (Å²) in [6.45, 7) is 7.23. The summed E-state index contributed by atoms with van der Waals surface area (Å²) in [5.74, 6) is 1.61. The van der Waals surface area contributed by atoms with E-state index in [1.165, 1.54) is 5.57 Å². The second-order valence-corrected chi connectivity index (χ2v) is 2.86. The Hall–Kier alpha value is -0.790. The summed E-state index contributed by atoms with van der Waals surface area (Å²) >= 11 is 0. The molecule has 1 rings (SSSR count). The van der Waals surface area contributed by atoms with Gasteiger partial charge in [-0.25, -0.2) is 0 Å². The van der Waals surface area contributed by atoms with E-state index < -0.39 is 0 Å². The molecule has 0 radical (unpaired) electrons. The largest absolute Gasteiger partial charge is 0.351 e. The molecule has 0 aliphatic carbocycles. The Labute approximate surface area is 62.0 Å². The molecule has 1 N–H and O–H groups in total. The Morgan fingerprint density at radius 2 is 2.30 bits per heavy atom. The highest BCUT2D eigenvalue weighted by Crippen LogP contribution is 2.10. The smallest absolute Gasteiger partial charge is 0.0971 e. The average molecular weight is 138 g/mol. The maximum absolute atomic E-state index is 4.31. The fraction of sp³-hybridized carbons (Fsp3) is 0.625. The quantitative estimate of drug-likeness (QED) is 0.539. The van der Waals surface area contributed by atoms with Gasteiger partial charge in [0.1, 0.15) is 0 Å². The number of nitrogens with one attached hydrogen (secondary N) is 1. The topological polar surface area (TPSA) is 24.4 Å². The first kappa shape index (κ1) is 7.32. The SMILES string of the molecule is CC1=CNC(C)=NCC1C. The van der Waals surface area contributed by atoms with E-state index in [9.17, 15) is 0 Å². The number of amidine groups is 1. The maximum Gasteiger partial charge on any atom is 0.0971 e. The van der Waals surface area contributed by atoms with Crippen LogP contribution in [0.1, 0.15) is 20.8 Å². The van der Waals surface area contributed by atoms with Gasteiger partial charge in [0.25, 0.3) is 0 Å². The Morgan fingerprint density at radius 1 is 1.60 bits per heavy atom. The maximum atomic E-state index is 4.31. The van der Waals surface area contributed by atoms with Gasteiger partial charge in [0.05, 0.1) is 5.84 Å². The van der Waals surface area contributed by atoms with Crippen molar-refractivity contribution in [3.63, 3.8) is 0 Å². The van der Waals surface area contributed by atoms with Crippen molar-refractivity contribution in [3.05, 3.63) is 11.8 Å². The van der Waals surface area contributed by atoms with Crippen LogP contribution in [0.5, 0.6) is 0 Å². The van der Waals surface area contributed by atoms with Gasteiger partial charge in [-0.3, -0.25) is 4.99 Å². The second kappa shape index (κ2) is 2.86. The van der Waals surface area contributed by atoms with Crippen LogP contribution in [0.3, 0.4) is 0 Å². The number of nitrogens with zero attached hydrogens (tertiary/aromatic N) is 1. The third-order valence-electron chi connectivity index (χ3n) is 1.89.